The third-order valence-electron chi connectivity index (χ3n) is 6.19. The number of nitrogens with one attached hydrogen (secondary N) is 6. The second kappa shape index (κ2) is 29.0. The van der Waals surface area contributed by atoms with E-state index < -0.39 is 0 Å². The zero-order chi connectivity index (χ0) is 40.9. The van der Waals surface area contributed by atoms with Crippen molar-refractivity contribution in [3.05, 3.63) is 182 Å². The maximum absolute atomic E-state index is 11.6. The molecule has 0 heterocycles. The Kier molecular flexibility index (Phi) is 24.7. The number of quaternary nitrogens is 1. The molecule has 0 aliphatic heterocycles. The summed E-state index contributed by atoms with van der Waals surface area (Å²) in [5.74, 6) is 0. The van der Waals surface area contributed by atoms with Gasteiger partial charge in [0.25, 0.3) is 0 Å². The highest BCUT2D eigenvalue weighted by Crippen LogP contribution is 2.11. The average Bonchev–Trinajstić information content (AvgIpc) is 3.17. The zero-order valence-electron chi connectivity index (χ0n) is 32.3. The van der Waals surface area contributed by atoms with Gasteiger partial charge in [0, 0.05) is 34.1 Å². The number of urea groups is 3. The van der Waals surface area contributed by atoms with Crippen LogP contribution in [0.3, 0.4) is 0 Å². The van der Waals surface area contributed by atoms with E-state index in [1.165, 1.54) is 0 Å². The molecule has 0 aliphatic rings. The van der Waals surface area contributed by atoms with E-state index in [1.54, 1.807) is 0 Å². The molecule has 0 radical (unpaired) electrons. The lowest BCUT2D eigenvalue weighted by Gasteiger charge is -2.14. The Morgan fingerprint density at radius 1 is 0.351 bits per heavy atom. The van der Waals surface area contributed by atoms with Crippen LogP contribution in [-0.2, 0) is 0 Å². The standard InChI is InChI=1S/3C13H12N2O.C4H12N.CH2Cl2.FH/c3*16-13(14-11-7-3-1-4-8-11)15-12-9-5-2-6-10-12;1-5(2,3)4;2-1-3;/h3*1-10H,(H2,14,15,16);1-4H3;1H2;1H/q;;;+1;;/p-1. The highest BCUT2D eigenvalue weighted by molar-refractivity contribution is 6.40. The third kappa shape index (κ3) is 26.1. The predicted molar refractivity (Wildman–Crippen MR) is 237 cm³/mol. The summed E-state index contributed by atoms with van der Waals surface area (Å²) in [6, 6.07) is 55.2. The minimum Gasteiger partial charge on any atom is -1.00 e. The fraction of sp³-hybridized carbons (Fsp3) is 0.114. The minimum absolute atomic E-state index is 0. The monoisotopic (exact) mass is 813 g/mol. The van der Waals surface area contributed by atoms with Crippen molar-refractivity contribution in [1.82, 2.24) is 0 Å². The van der Waals surface area contributed by atoms with E-state index in [9.17, 15) is 14.4 Å². The number of benzene rings is 6. The summed E-state index contributed by atoms with van der Waals surface area (Å²) in [6.45, 7) is 0. The van der Waals surface area contributed by atoms with Crippen molar-refractivity contribution in [3.8, 4) is 0 Å². The van der Waals surface area contributed by atoms with Gasteiger partial charge in [-0.05, 0) is 72.8 Å². The van der Waals surface area contributed by atoms with Crippen LogP contribution >= 0.6 is 23.2 Å². The molecule has 6 N–H and O–H groups in total. The van der Waals surface area contributed by atoms with Gasteiger partial charge >= 0.3 is 18.1 Å². The molecule has 0 bridgehead atoms. The van der Waals surface area contributed by atoms with Gasteiger partial charge in [0.1, 0.15) is 0 Å². The minimum atomic E-state index is -0.239. The van der Waals surface area contributed by atoms with Gasteiger partial charge in [-0.3, -0.25) is 0 Å². The highest BCUT2D eigenvalue weighted by Gasteiger charge is 2.03. The first-order chi connectivity index (χ1) is 26.9. The third-order valence-corrected chi connectivity index (χ3v) is 6.19. The Hall–Kier alpha value is -6.40. The molecule has 6 rings (SSSR count). The van der Waals surface area contributed by atoms with Crippen LogP contribution in [0, 0.1) is 0 Å². The molecule has 0 atom stereocenters. The molecule has 0 unspecified atom stereocenters. The summed E-state index contributed by atoms with van der Waals surface area (Å²) >= 11 is 9.53. The van der Waals surface area contributed by atoms with E-state index in [1.807, 2.05) is 182 Å². The van der Waals surface area contributed by atoms with E-state index in [-0.39, 0.29) is 28.1 Å². The summed E-state index contributed by atoms with van der Waals surface area (Å²) in [7, 11) is 8.50. The molecule has 0 spiro atoms. The van der Waals surface area contributed by atoms with Crippen LogP contribution in [-0.4, -0.2) is 56.1 Å². The summed E-state index contributed by atoms with van der Waals surface area (Å²) in [5.41, 5.74) is 4.64. The zero-order valence-corrected chi connectivity index (χ0v) is 33.8. The Balaban J connectivity index is 0.000000387. The molecule has 0 saturated carbocycles. The number of hydrogen-bond donors (Lipinski definition) is 6. The molecule has 13 heteroatoms. The summed E-state index contributed by atoms with van der Waals surface area (Å²) in [4.78, 5) is 34.7. The smallest absolute Gasteiger partial charge is 0.323 e. The van der Waals surface area contributed by atoms with Gasteiger partial charge < -0.3 is 41.1 Å². The van der Waals surface area contributed by atoms with Crippen LogP contribution in [0.15, 0.2) is 182 Å². The van der Waals surface area contributed by atoms with Crippen molar-refractivity contribution in [1.29, 1.82) is 0 Å². The van der Waals surface area contributed by atoms with E-state index >= 15 is 0 Å². The molecule has 0 aliphatic carbocycles. The summed E-state index contributed by atoms with van der Waals surface area (Å²) in [6.07, 6.45) is 0. The van der Waals surface area contributed by atoms with Crippen LogP contribution in [0.25, 0.3) is 0 Å². The molecule has 0 fully saturated rings. The lowest BCUT2D eigenvalue weighted by molar-refractivity contribution is -0.849. The van der Waals surface area contributed by atoms with Crippen molar-refractivity contribution < 1.29 is 23.6 Å². The number of hydrogen-bond acceptors (Lipinski definition) is 3. The molecule has 10 nitrogen and oxygen atoms in total. The first-order valence-corrected chi connectivity index (χ1v) is 18.5. The molecule has 0 saturated heterocycles. The second-order valence-corrected chi connectivity index (χ2v) is 13.5. The molecule has 6 amide bonds. The van der Waals surface area contributed by atoms with Crippen molar-refractivity contribution in [2.45, 2.75) is 0 Å². The number of alkyl halides is 2. The maximum atomic E-state index is 11.6. The van der Waals surface area contributed by atoms with Crippen LogP contribution in [0.4, 0.5) is 48.5 Å². The lowest BCUT2D eigenvalue weighted by atomic mass is 10.3. The van der Waals surface area contributed by atoms with E-state index in [4.69, 9.17) is 23.2 Å². The SMILES string of the molecule is C[N+](C)(C)C.ClCCl.O=C(Nc1ccccc1)Nc1ccccc1.O=C(Nc1ccccc1)Nc1ccccc1.O=C(Nc1ccccc1)Nc1ccccc1.[F-]. The number of para-hydroxylation sites is 6. The van der Waals surface area contributed by atoms with Crippen LogP contribution in [0.5, 0.6) is 0 Å². The number of carbonyl (C=O) groups is 3. The molecule has 0 aromatic heterocycles. The fourth-order valence-electron chi connectivity index (χ4n) is 4.01. The van der Waals surface area contributed by atoms with E-state index in [0.29, 0.717) is 0 Å². The summed E-state index contributed by atoms with van der Waals surface area (Å²) < 4.78 is 1.00. The van der Waals surface area contributed by atoms with Gasteiger partial charge in [0.15, 0.2) is 0 Å². The van der Waals surface area contributed by atoms with Crippen molar-refractivity contribution in [2.75, 3.05) is 65.4 Å². The largest absolute Gasteiger partial charge is 1.00 e. The number of nitrogens with zero attached hydrogens (tertiary/aromatic N) is 1. The normalized spacial score (nSPS) is 9.37. The lowest BCUT2D eigenvalue weighted by Crippen LogP contribution is -3.00. The number of anilines is 6. The summed E-state index contributed by atoms with van der Waals surface area (Å²) in [5, 5.41) is 16.6. The Morgan fingerprint density at radius 3 is 0.561 bits per heavy atom. The molecule has 300 valence electrons. The fourth-order valence-corrected chi connectivity index (χ4v) is 4.01. The van der Waals surface area contributed by atoms with Crippen molar-refractivity contribution in [3.63, 3.8) is 0 Å². The topological polar surface area (TPSA) is 123 Å². The quantitative estimate of drug-likeness (QED) is 0.0745. The average molecular weight is 815 g/mol. The molecule has 6 aromatic carbocycles. The number of halogens is 3. The Bertz CT molecular complexity index is 1580. The first kappa shape index (κ1) is 48.6. The molecule has 57 heavy (non-hydrogen) atoms. The molecular formula is C44H50Cl2FN7O3. The Morgan fingerprint density at radius 2 is 0.456 bits per heavy atom. The van der Waals surface area contributed by atoms with Gasteiger partial charge in [-0.25, -0.2) is 14.4 Å². The predicted octanol–water partition coefficient (Wildman–Crippen LogP) is 8.74. The number of amides is 6. The number of rotatable bonds is 6. The van der Waals surface area contributed by atoms with Crippen molar-refractivity contribution in [2.24, 2.45) is 0 Å². The Labute approximate surface area is 345 Å². The first-order valence-electron chi connectivity index (χ1n) is 17.4. The van der Waals surface area contributed by atoms with Gasteiger partial charge in [0.2, 0.25) is 0 Å². The van der Waals surface area contributed by atoms with E-state index in [2.05, 4.69) is 60.1 Å². The highest BCUT2D eigenvalue weighted by atomic mass is 35.5. The second-order valence-electron chi connectivity index (χ2n) is 12.7. The maximum Gasteiger partial charge on any atom is 0.323 e. The van der Waals surface area contributed by atoms with Gasteiger partial charge in [-0.15, -0.1) is 23.2 Å². The van der Waals surface area contributed by atoms with Crippen LogP contribution in [0.1, 0.15) is 0 Å². The number of carbonyl (C=O) groups excluding carboxylic acids is 3. The molecular weight excluding hydrogens is 764 g/mol. The van der Waals surface area contributed by atoms with Gasteiger partial charge in [0.05, 0.1) is 33.5 Å². The van der Waals surface area contributed by atoms with Gasteiger partial charge in [-0.2, -0.15) is 0 Å². The van der Waals surface area contributed by atoms with Crippen LogP contribution in [0.2, 0.25) is 0 Å². The van der Waals surface area contributed by atoms with Crippen molar-refractivity contribution >= 4 is 75.4 Å². The van der Waals surface area contributed by atoms with Gasteiger partial charge in [-0.1, -0.05) is 109 Å². The van der Waals surface area contributed by atoms with Crippen LogP contribution < -0.4 is 36.6 Å². The molecule has 6 aromatic rings. The van der Waals surface area contributed by atoms with E-state index in [0.717, 1.165) is 38.6 Å².